The molecular weight excluding hydrogens is 350 g/mol. The summed E-state index contributed by atoms with van der Waals surface area (Å²) < 4.78 is 29.1. The second-order valence-corrected chi connectivity index (χ2v) is 8.68. The third-order valence-corrected chi connectivity index (χ3v) is 6.28. The van der Waals surface area contributed by atoms with Gasteiger partial charge in [0.2, 0.25) is 0 Å². The molecule has 0 aliphatic carbocycles. The molecule has 4 heterocycles. The lowest BCUT2D eigenvalue weighted by molar-refractivity contribution is 0.598. The van der Waals surface area contributed by atoms with Crippen LogP contribution in [0.15, 0.2) is 35.5 Å². The van der Waals surface area contributed by atoms with Gasteiger partial charge in [-0.05, 0) is 43.2 Å². The van der Waals surface area contributed by atoms with Gasteiger partial charge in [0, 0.05) is 19.4 Å². The second-order valence-electron chi connectivity index (χ2n) is 6.46. The molecule has 0 bridgehead atoms. The molecule has 0 aliphatic heterocycles. The molecule has 4 aromatic heterocycles. The van der Waals surface area contributed by atoms with Crippen LogP contribution in [-0.2, 0) is 16.9 Å². The Hall–Kier alpha value is -2.74. The number of hydrogen-bond acceptors (Lipinski definition) is 5. The summed E-state index contributed by atoms with van der Waals surface area (Å²) in [6.45, 7) is 5.51. The first-order chi connectivity index (χ1) is 12.3. The summed E-state index contributed by atoms with van der Waals surface area (Å²) in [4.78, 5) is 9.27. The molecule has 4 rings (SSSR count). The molecule has 8 heteroatoms. The fourth-order valence-corrected chi connectivity index (χ4v) is 4.30. The molecule has 0 unspecified atom stereocenters. The fourth-order valence-electron chi connectivity index (χ4n) is 3.12. The average Bonchev–Trinajstić information content (AvgIpc) is 3.12. The zero-order valence-electron chi connectivity index (χ0n) is 15.1. The Bertz CT molecular complexity index is 1270. The Balaban J connectivity index is 2.12. The molecule has 0 radical (unpaired) electrons. The lowest BCUT2D eigenvalue weighted by Gasteiger charge is -2.04. The fraction of sp³-hybridized carbons (Fsp3) is 0.278. The van der Waals surface area contributed by atoms with E-state index in [1.807, 2.05) is 39.1 Å². The van der Waals surface area contributed by atoms with E-state index in [2.05, 4.69) is 15.1 Å². The Labute approximate surface area is 151 Å². The van der Waals surface area contributed by atoms with Gasteiger partial charge in [-0.3, -0.25) is 0 Å². The minimum absolute atomic E-state index is 0.00338. The van der Waals surface area contributed by atoms with Crippen LogP contribution in [0.4, 0.5) is 0 Å². The Morgan fingerprint density at radius 1 is 1.15 bits per heavy atom. The number of imidazole rings is 1. The molecule has 4 aromatic rings. The zero-order chi connectivity index (χ0) is 18.6. The summed E-state index contributed by atoms with van der Waals surface area (Å²) in [5, 5.41) is 4.54. The van der Waals surface area contributed by atoms with Crippen LogP contribution < -0.4 is 0 Å². The summed E-state index contributed by atoms with van der Waals surface area (Å²) in [5.41, 5.74) is 4.30. The van der Waals surface area contributed by atoms with Crippen LogP contribution in [0, 0.1) is 13.8 Å². The molecular formula is C18H19N5O2S. The van der Waals surface area contributed by atoms with Gasteiger partial charge in [0.25, 0.3) is 0 Å². The van der Waals surface area contributed by atoms with Gasteiger partial charge in [-0.2, -0.15) is 5.10 Å². The molecule has 0 saturated carbocycles. The van der Waals surface area contributed by atoms with Crippen LogP contribution in [0.3, 0.4) is 0 Å². The first kappa shape index (κ1) is 16.7. The number of aromatic nitrogens is 5. The standard InChI is InChI=1S/C18H19N5O2S/c1-5-26(24,25)16-14-9-11(2)6-7-23(14)21-15(16)18-20-13-8-12(3)10-19-17(13)22(18)4/h6-10H,5H2,1-4H3. The monoisotopic (exact) mass is 369 g/mol. The van der Waals surface area contributed by atoms with Gasteiger partial charge in [-0.15, -0.1) is 0 Å². The minimum Gasteiger partial charge on any atom is -0.310 e. The highest BCUT2D eigenvalue weighted by atomic mass is 32.2. The lowest BCUT2D eigenvalue weighted by atomic mass is 10.2. The van der Waals surface area contributed by atoms with Crippen LogP contribution in [0.1, 0.15) is 18.1 Å². The quantitative estimate of drug-likeness (QED) is 0.554. The maximum Gasteiger partial charge on any atom is 0.182 e. The van der Waals surface area contributed by atoms with Crippen LogP contribution in [0.25, 0.3) is 28.2 Å². The lowest BCUT2D eigenvalue weighted by Crippen LogP contribution is -2.06. The Kier molecular flexibility index (Phi) is 3.62. The van der Waals surface area contributed by atoms with Gasteiger partial charge in [0.15, 0.2) is 21.3 Å². The van der Waals surface area contributed by atoms with Gasteiger partial charge < -0.3 is 4.57 Å². The SMILES string of the molecule is CCS(=O)(=O)c1c(-c2nc3cc(C)cnc3n2C)nn2ccc(C)cc12. The van der Waals surface area contributed by atoms with E-state index < -0.39 is 9.84 Å². The van der Waals surface area contributed by atoms with E-state index in [-0.39, 0.29) is 10.6 Å². The van der Waals surface area contributed by atoms with Crippen molar-refractivity contribution in [1.29, 1.82) is 0 Å². The number of rotatable bonds is 3. The van der Waals surface area contributed by atoms with E-state index in [0.29, 0.717) is 22.7 Å². The van der Waals surface area contributed by atoms with Crippen molar-refractivity contribution < 1.29 is 8.42 Å². The van der Waals surface area contributed by atoms with Crippen molar-refractivity contribution in [3.63, 3.8) is 0 Å². The maximum absolute atomic E-state index is 12.9. The molecule has 26 heavy (non-hydrogen) atoms. The van der Waals surface area contributed by atoms with Crippen molar-refractivity contribution in [3.8, 4) is 11.5 Å². The van der Waals surface area contributed by atoms with E-state index in [9.17, 15) is 8.42 Å². The molecule has 0 aromatic carbocycles. The van der Waals surface area contributed by atoms with Gasteiger partial charge in [-0.1, -0.05) is 6.92 Å². The topological polar surface area (TPSA) is 82.1 Å². The first-order valence-electron chi connectivity index (χ1n) is 8.33. The molecule has 0 atom stereocenters. The number of hydrogen-bond donors (Lipinski definition) is 0. The number of fused-ring (bicyclic) bond motifs is 2. The van der Waals surface area contributed by atoms with E-state index >= 15 is 0 Å². The zero-order valence-corrected chi connectivity index (χ0v) is 15.9. The summed E-state index contributed by atoms with van der Waals surface area (Å²) in [5.74, 6) is 0.489. The molecule has 0 spiro atoms. The Morgan fingerprint density at radius 2 is 1.92 bits per heavy atom. The average molecular weight is 369 g/mol. The number of nitrogens with zero attached hydrogens (tertiary/aromatic N) is 5. The normalized spacial score (nSPS) is 12.3. The number of pyridine rings is 2. The number of sulfone groups is 1. The predicted molar refractivity (Wildman–Crippen MR) is 99.9 cm³/mol. The van der Waals surface area contributed by atoms with Crippen molar-refractivity contribution >= 4 is 26.5 Å². The van der Waals surface area contributed by atoms with Gasteiger partial charge >= 0.3 is 0 Å². The van der Waals surface area contributed by atoms with E-state index in [1.165, 1.54) is 0 Å². The van der Waals surface area contributed by atoms with Crippen molar-refractivity contribution in [2.45, 2.75) is 25.7 Å². The van der Waals surface area contributed by atoms with Crippen molar-refractivity contribution in [2.75, 3.05) is 5.75 Å². The third kappa shape index (κ3) is 2.40. The summed E-state index contributed by atoms with van der Waals surface area (Å²) in [6.07, 6.45) is 3.54. The third-order valence-electron chi connectivity index (χ3n) is 4.49. The van der Waals surface area contributed by atoms with Crippen LogP contribution >= 0.6 is 0 Å². The molecule has 0 saturated heterocycles. The van der Waals surface area contributed by atoms with Gasteiger partial charge in [0.05, 0.1) is 11.3 Å². The molecule has 0 amide bonds. The minimum atomic E-state index is -3.50. The highest BCUT2D eigenvalue weighted by molar-refractivity contribution is 7.91. The van der Waals surface area contributed by atoms with Crippen molar-refractivity contribution in [2.24, 2.45) is 7.05 Å². The van der Waals surface area contributed by atoms with Gasteiger partial charge in [-0.25, -0.2) is 22.9 Å². The van der Waals surface area contributed by atoms with E-state index in [4.69, 9.17) is 0 Å². The highest BCUT2D eigenvalue weighted by Crippen LogP contribution is 2.32. The summed E-state index contributed by atoms with van der Waals surface area (Å²) >= 11 is 0. The first-order valence-corrected chi connectivity index (χ1v) is 9.98. The largest absolute Gasteiger partial charge is 0.310 e. The van der Waals surface area contributed by atoms with Crippen molar-refractivity contribution in [1.82, 2.24) is 24.1 Å². The van der Waals surface area contributed by atoms with Gasteiger partial charge in [0.1, 0.15) is 16.1 Å². The summed E-state index contributed by atoms with van der Waals surface area (Å²) in [7, 11) is -1.67. The molecule has 134 valence electrons. The molecule has 0 fully saturated rings. The van der Waals surface area contributed by atoms with E-state index in [1.54, 1.807) is 28.4 Å². The summed E-state index contributed by atoms with van der Waals surface area (Å²) in [6, 6.07) is 5.66. The van der Waals surface area contributed by atoms with Crippen molar-refractivity contribution in [3.05, 3.63) is 41.7 Å². The predicted octanol–water partition coefficient (Wildman–Crippen LogP) is 2.69. The van der Waals surface area contributed by atoms with Crippen LogP contribution in [-0.4, -0.2) is 38.3 Å². The highest BCUT2D eigenvalue weighted by Gasteiger charge is 2.28. The second kappa shape index (κ2) is 5.63. The van der Waals surface area contributed by atoms with Crippen LogP contribution in [0.2, 0.25) is 0 Å². The molecule has 7 nitrogen and oxygen atoms in total. The van der Waals surface area contributed by atoms with E-state index in [0.717, 1.165) is 16.6 Å². The Morgan fingerprint density at radius 3 is 2.65 bits per heavy atom. The van der Waals surface area contributed by atoms with Crippen LogP contribution in [0.5, 0.6) is 0 Å². The smallest absolute Gasteiger partial charge is 0.182 e. The molecule has 0 N–H and O–H groups in total. The number of aryl methyl sites for hydroxylation is 3. The maximum atomic E-state index is 12.9. The molecule has 0 aliphatic rings.